The Morgan fingerprint density at radius 3 is 2.74 bits per heavy atom. The predicted octanol–water partition coefficient (Wildman–Crippen LogP) is 4.40. The first-order chi connectivity index (χ1) is 15.0. The summed E-state index contributed by atoms with van der Waals surface area (Å²) in [5, 5.41) is 0.419. The number of methoxy groups -OCH3 is 1. The Hall–Kier alpha value is -2.97. The van der Waals surface area contributed by atoms with E-state index in [0.29, 0.717) is 28.8 Å². The lowest BCUT2D eigenvalue weighted by Gasteiger charge is -2.19. The number of amidine groups is 1. The van der Waals surface area contributed by atoms with Crippen molar-refractivity contribution in [2.75, 3.05) is 20.3 Å². The summed E-state index contributed by atoms with van der Waals surface area (Å²) in [6.45, 7) is 1.05. The van der Waals surface area contributed by atoms with Gasteiger partial charge in [0.15, 0.2) is 5.17 Å². The van der Waals surface area contributed by atoms with Gasteiger partial charge in [0.1, 0.15) is 11.5 Å². The van der Waals surface area contributed by atoms with E-state index in [1.807, 2.05) is 0 Å². The molecule has 0 aliphatic carbocycles. The SMILES string of the molecule is COC(=O)c1ccc(/C=C2\SC(=Nc3ccccc3F)N(C[C@H]3CCCO3)C2=O)cc1. The van der Waals surface area contributed by atoms with Crippen LogP contribution in [0.25, 0.3) is 6.08 Å². The second-order valence-corrected chi connectivity index (χ2v) is 8.13. The highest BCUT2D eigenvalue weighted by Crippen LogP contribution is 2.35. The fraction of sp³-hybridized carbons (Fsp3) is 0.261. The summed E-state index contributed by atoms with van der Waals surface area (Å²) >= 11 is 1.20. The molecule has 2 aromatic rings. The number of esters is 1. The molecular weight excluding hydrogens is 419 g/mol. The number of benzene rings is 2. The molecule has 2 saturated heterocycles. The van der Waals surface area contributed by atoms with E-state index in [9.17, 15) is 14.0 Å². The number of thioether (sulfide) groups is 1. The largest absolute Gasteiger partial charge is 0.465 e. The first-order valence-corrected chi connectivity index (χ1v) is 10.7. The summed E-state index contributed by atoms with van der Waals surface area (Å²) < 4.78 is 24.5. The molecule has 2 heterocycles. The van der Waals surface area contributed by atoms with Crippen LogP contribution in [0, 0.1) is 5.82 Å². The molecule has 2 aromatic carbocycles. The molecule has 0 N–H and O–H groups in total. The van der Waals surface area contributed by atoms with Gasteiger partial charge in [0.25, 0.3) is 5.91 Å². The Morgan fingerprint density at radius 1 is 1.29 bits per heavy atom. The summed E-state index contributed by atoms with van der Waals surface area (Å²) in [6, 6.07) is 13.0. The molecule has 0 radical (unpaired) electrons. The zero-order chi connectivity index (χ0) is 21.8. The van der Waals surface area contributed by atoms with Gasteiger partial charge in [0.2, 0.25) is 0 Å². The fourth-order valence-electron chi connectivity index (χ4n) is 3.37. The molecule has 2 aliphatic rings. The number of amides is 1. The van der Waals surface area contributed by atoms with E-state index in [1.165, 1.54) is 24.9 Å². The standard InChI is InChI=1S/C23H21FN2O4S/c1-29-22(28)16-10-8-15(9-11-16)13-20-21(27)26(14-17-5-4-12-30-17)23(31-20)25-19-7-3-2-6-18(19)24/h2-3,6-11,13,17H,4-5,12,14H2,1H3/b20-13-,25-23?/t17-/m1/s1. The number of nitrogens with zero attached hydrogens (tertiary/aromatic N) is 2. The van der Waals surface area contributed by atoms with E-state index in [2.05, 4.69) is 4.99 Å². The maximum absolute atomic E-state index is 14.2. The van der Waals surface area contributed by atoms with E-state index in [0.717, 1.165) is 18.4 Å². The number of aliphatic imine (C=N–C) groups is 1. The Bertz CT molecular complexity index is 1050. The van der Waals surface area contributed by atoms with Crippen LogP contribution in [-0.4, -0.2) is 48.3 Å². The molecule has 1 atom stereocenters. The minimum absolute atomic E-state index is 0.0611. The van der Waals surface area contributed by atoms with E-state index >= 15 is 0 Å². The minimum atomic E-state index is -0.448. The lowest BCUT2D eigenvalue weighted by atomic mass is 10.1. The Balaban J connectivity index is 1.63. The quantitative estimate of drug-likeness (QED) is 0.509. The van der Waals surface area contributed by atoms with Gasteiger partial charge < -0.3 is 9.47 Å². The Labute approximate surface area is 183 Å². The van der Waals surface area contributed by atoms with Crippen molar-refractivity contribution >= 4 is 40.6 Å². The third-order valence-corrected chi connectivity index (χ3v) is 6.00. The van der Waals surface area contributed by atoms with Crippen molar-refractivity contribution < 1.29 is 23.5 Å². The monoisotopic (exact) mass is 440 g/mol. The van der Waals surface area contributed by atoms with E-state index in [4.69, 9.17) is 9.47 Å². The van der Waals surface area contributed by atoms with Crippen molar-refractivity contribution in [3.05, 3.63) is 70.4 Å². The van der Waals surface area contributed by atoms with Gasteiger partial charge in [-0.15, -0.1) is 0 Å². The molecular formula is C23H21FN2O4S. The second-order valence-electron chi connectivity index (χ2n) is 7.12. The molecule has 0 unspecified atom stereocenters. The van der Waals surface area contributed by atoms with Crippen molar-refractivity contribution in [1.82, 2.24) is 4.90 Å². The zero-order valence-electron chi connectivity index (χ0n) is 16.9. The lowest BCUT2D eigenvalue weighted by Crippen LogP contribution is -2.36. The van der Waals surface area contributed by atoms with Gasteiger partial charge in [0.05, 0.1) is 30.2 Å². The average molecular weight is 440 g/mol. The van der Waals surface area contributed by atoms with Gasteiger partial charge in [-0.25, -0.2) is 14.2 Å². The highest BCUT2D eigenvalue weighted by Gasteiger charge is 2.36. The van der Waals surface area contributed by atoms with Crippen molar-refractivity contribution in [3.8, 4) is 0 Å². The van der Waals surface area contributed by atoms with E-state index in [1.54, 1.807) is 53.4 Å². The minimum Gasteiger partial charge on any atom is -0.465 e. The van der Waals surface area contributed by atoms with Gasteiger partial charge in [-0.1, -0.05) is 24.3 Å². The average Bonchev–Trinajstić information content (AvgIpc) is 3.40. The summed E-state index contributed by atoms with van der Waals surface area (Å²) in [5.74, 6) is -1.07. The first kappa shape index (κ1) is 21.3. The van der Waals surface area contributed by atoms with Gasteiger partial charge in [0, 0.05) is 6.61 Å². The number of hydrogen-bond donors (Lipinski definition) is 0. The number of halogens is 1. The Kier molecular flexibility index (Phi) is 6.48. The van der Waals surface area contributed by atoms with E-state index in [-0.39, 0.29) is 17.7 Å². The third kappa shape index (κ3) is 4.86. The van der Waals surface area contributed by atoms with Crippen molar-refractivity contribution in [3.63, 3.8) is 0 Å². The summed E-state index contributed by atoms with van der Waals surface area (Å²) in [6.07, 6.45) is 3.50. The molecule has 6 nitrogen and oxygen atoms in total. The van der Waals surface area contributed by atoms with Crippen LogP contribution in [0.5, 0.6) is 0 Å². The van der Waals surface area contributed by atoms with Crippen LogP contribution >= 0.6 is 11.8 Å². The van der Waals surface area contributed by atoms with Crippen molar-refractivity contribution in [2.45, 2.75) is 18.9 Å². The molecule has 0 spiro atoms. The number of ether oxygens (including phenoxy) is 2. The summed E-state index contributed by atoms with van der Waals surface area (Å²) in [7, 11) is 1.32. The van der Waals surface area contributed by atoms with Crippen LogP contribution in [-0.2, 0) is 14.3 Å². The second kappa shape index (κ2) is 9.45. The fourth-order valence-corrected chi connectivity index (χ4v) is 4.38. The van der Waals surface area contributed by atoms with Gasteiger partial charge in [-0.3, -0.25) is 9.69 Å². The summed E-state index contributed by atoms with van der Waals surface area (Å²) in [5.41, 5.74) is 1.36. The summed E-state index contributed by atoms with van der Waals surface area (Å²) in [4.78, 5) is 31.2. The number of carbonyl (C=O) groups excluding carboxylic acids is 2. The molecule has 4 rings (SSSR count). The molecule has 2 fully saturated rings. The van der Waals surface area contributed by atoms with Gasteiger partial charge in [-0.2, -0.15) is 0 Å². The van der Waals surface area contributed by atoms with Crippen LogP contribution in [0.4, 0.5) is 10.1 Å². The number of hydrogen-bond acceptors (Lipinski definition) is 6. The maximum Gasteiger partial charge on any atom is 0.337 e. The normalized spacial score (nSPS) is 21.3. The molecule has 160 valence electrons. The highest BCUT2D eigenvalue weighted by atomic mass is 32.2. The zero-order valence-corrected chi connectivity index (χ0v) is 17.7. The van der Waals surface area contributed by atoms with Crippen LogP contribution in [0.2, 0.25) is 0 Å². The van der Waals surface area contributed by atoms with Crippen molar-refractivity contribution in [1.29, 1.82) is 0 Å². The Morgan fingerprint density at radius 2 is 2.06 bits per heavy atom. The molecule has 31 heavy (non-hydrogen) atoms. The first-order valence-electron chi connectivity index (χ1n) is 9.90. The third-order valence-electron chi connectivity index (χ3n) is 5.00. The van der Waals surface area contributed by atoms with E-state index < -0.39 is 11.8 Å². The number of para-hydroxylation sites is 1. The van der Waals surface area contributed by atoms with Gasteiger partial charge in [-0.05, 0) is 60.5 Å². The molecule has 1 amide bonds. The van der Waals surface area contributed by atoms with Gasteiger partial charge >= 0.3 is 5.97 Å². The highest BCUT2D eigenvalue weighted by molar-refractivity contribution is 8.18. The number of carbonyl (C=O) groups is 2. The van der Waals surface area contributed by atoms with Crippen LogP contribution in [0.15, 0.2) is 58.4 Å². The topological polar surface area (TPSA) is 68.2 Å². The van der Waals surface area contributed by atoms with Crippen LogP contribution in [0.1, 0.15) is 28.8 Å². The maximum atomic E-state index is 14.2. The molecule has 2 aliphatic heterocycles. The molecule has 8 heteroatoms. The van der Waals surface area contributed by atoms with Crippen molar-refractivity contribution in [2.24, 2.45) is 4.99 Å². The molecule has 0 bridgehead atoms. The lowest BCUT2D eigenvalue weighted by molar-refractivity contribution is -0.123. The molecule has 0 aromatic heterocycles. The smallest absolute Gasteiger partial charge is 0.337 e. The van der Waals surface area contributed by atoms with Crippen LogP contribution < -0.4 is 0 Å². The predicted molar refractivity (Wildman–Crippen MR) is 118 cm³/mol. The number of rotatable bonds is 5. The molecule has 0 saturated carbocycles. The van der Waals surface area contributed by atoms with Crippen LogP contribution in [0.3, 0.4) is 0 Å².